The van der Waals surface area contributed by atoms with Crippen molar-refractivity contribution in [2.45, 2.75) is 57.3 Å². The van der Waals surface area contributed by atoms with Crippen LogP contribution in [0, 0.1) is 5.82 Å². The van der Waals surface area contributed by atoms with Crippen molar-refractivity contribution >= 4 is 28.2 Å². The van der Waals surface area contributed by atoms with Gasteiger partial charge in [0, 0.05) is 51.7 Å². The fourth-order valence-corrected chi connectivity index (χ4v) is 6.93. The zero-order valence-electron chi connectivity index (χ0n) is 24.3. The highest BCUT2D eigenvalue weighted by atomic mass is 19.1. The largest absolute Gasteiger partial charge is 0.508 e. The first-order valence-corrected chi connectivity index (χ1v) is 14.6. The molecule has 2 aromatic carbocycles. The molecule has 0 radical (unpaired) electrons. The Balaban J connectivity index is 1.38. The lowest BCUT2D eigenvalue weighted by Crippen LogP contribution is -2.43. The molecule has 42 heavy (non-hydrogen) atoms. The molecular weight excluding hydrogens is 544 g/mol. The number of aryl methyl sites for hydroxylation is 1. The number of carbonyl (C=O) groups is 1. The maximum atomic E-state index is 14.9. The Bertz CT molecular complexity index is 1520. The zero-order chi connectivity index (χ0) is 29.6. The van der Waals surface area contributed by atoms with Gasteiger partial charge < -0.3 is 24.4 Å². The molecule has 224 valence electrons. The van der Waals surface area contributed by atoms with Crippen molar-refractivity contribution in [2.24, 2.45) is 0 Å². The number of nitrogens with zero attached hydrogens (tertiary/aromatic N) is 5. The number of amides is 1. The molecule has 0 saturated carbocycles. The molecule has 11 heteroatoms. The van der Waals surface area contributed by atoms with Crippen molar-refractivity contribution in [1.82, 2.24) is 14.9 Å². The van der Waals surface area contributed by atoms with Gasteiger partial charge in [-0.2, -0.15) is 9.97 Å². The molecule has 2 saturated heterocycles. The Morgan fingerprint density at radius 3 is 2.88 bits per heavy atom. The van der Waals surface area contributed by atoms with Crippen LogP contribution >= 0.6 is 0 Å². The van der Waals surface area contributed by atoms with E-state index in [1.165, 1.54) is 17.0 Å². The molecule has 2 fully saturated rings. The Labute approximate surface area is 244 Å². The summed E-state index contributed by atoms with van der Waals surface area (Å²) in [7, 11) is 3.49. The number of phenols is 1. The van der Waals surface area contributed by atoms with Crippen molar-refractivity contribution in [3.63, 3.8) is 0 Å². The Kier molecular flexibility index (Phi) is 7.65. The van der Waals surface area contributed by atoms with Gasteiger partial charge in [-0.3, -0.25) is 9.69 Å². The summed E-state index contributed by atoms with van der Waals surface area (Å²) < 4.78 is 40.7. The number of methoxy groups -OCH3 is 1. The number of aromatic hydroxyl groups is 1. The summed E-state index contributed by atoms with van der Waals surface area (Å²) in [5.41, 5.74) is 1.36. The maximum absolute atomic E-state index is 14.9. The van der Waals surface area contributed by atoms with Crippen LogP contribution in [0.1, 0.15) is 54.2 Å². The third-order valence-corrected chi connectivity index (χ3v) is 8.92. The van der Waals surface area contributed by atoms with E-state index >= 15 is 0 Å². The van der Waals surface area contributed by atoms with E-state index in [0.29, 0.717) is 78.1 Å². The quantitative estimate of drug-likeness (QED) is 0.347. The Morgan fingerprint density at radius 2 is 2.10 bits per heavy atom. The molecular formula is C31H37F2N5O4. The van der Waals surface area contributed by atoms with E-state index in [0.717, 1.165) is 19.4 Å². The van der Waals surface area contributed by atoms with Gasteiger partial charge in [-0.1, -0.05) is 13.0 Å². The molecule has 4 heterocycles. The van der Waals surface area contributed by atoms with Gasteiger partial charge >= 0.3 is 6.01 Å². The first-order valence-electron chi connectivity index (χ1n) is 14.6. The average Bonchev–Trinajstić information content (AvgIpc) is 3.60. The summed E-state index contributed by atoms with van der Waals surface area (Å²) in [5.74, 6) is -0.288. The Hall–Kier alpha value is -3.57. The van der Waals surface area contributed by atoms with Crippen LogP contribution in [0.25, 0.3) is 10.8 Å². The number of aromatic nitrogens is 2. The van der Waals surface area contributed by atoms with Crippen molar-refractivity contribution in [3.05, 3.63) is 46.9 Å². The van der Waals surface area contributed by atoms with Gasteiger partial charge in [-0.05, 0) is 55.3 Å². The second kappa shape index (κ2) is 11.3. The van der Waals surface area contributed by atoms with Crippen LogP contribution < -0.4 is 14.5 Å². The predicted octanol–water partition coefficient (Wildman–Crippen LogP) is 4.63. The van der Waals surface area contributed by atoms with Crippen LogP contribution in [-0.4, -0.2) is 84.6 Å². The number of carbonyl (C=O) groups excluding carboxylic acids is 1. The van der Waals surface area contributed by atoms with Crippen LogP contribution in [-0.2, 0) is 17.7 Å². The lowest BCUT2D eigenvalue weighted by molar-refractivity contribution is 0.0996. The minimum Gasteiger partial charge on any atom is -0.508 e. The Morgan fingerprint density at radius 1 is 1.26 bits per heavy atom. The van der Waals surface area contributed by atoms with Gasteiger partial charge in [0.05, 0.1) is 23.5 Å². The molecule has 3 aromatic rings. The predicted molar refractivity (Wildman–Crippen MR) is 156 cm³/mol. The molecule has 0 unspecified atom stereocenters. The molecule has 6 rings (SSSR count). The molecule has 3 aliphatic rings. The molecule has 2 atom stereocenters. The summed E-state index contributed by atoms with van der Waals surface area (Å²) >= 11 is 0. The smallest absolute Gasteiger partial charge is 0.318 e. The lowest BCUT2D eigenvalue weighted by atomic mass is 9.95. The topological polar surface area (TPSA) is 91.3 Å². The lowest BCUT2D eigenvalue weighted by Gasteiger charge is -2.31. The molecule has 1 N–H and O–H groups in total. The van der Waals surface area contributed by atoms with E-state index in [-0.39, 0.29) is 42.2 Å². The summed E-state index contributed by atoms with van der Waals surface area (Å²) in [6.45, 7) is 4.63. The van der Waals surface area contributed by atoms with E-state index < -0.39 is 6.17 Å². The number of phenolic OH excluding ortho intramolecular Hbond substituents is 1. The van der Waals surface area contributed by atoms with Crippen molar-refractivity contribution in [3.8, 4) is 11.8 Å². The van der Waals surface area contributed by atoms with Gasteiger partial charge in [0.15, 0.2) is 0 Å². The fraction of sp³-hybridized carbons (Fsp3) is 0.516. The minimum absolute atomic E-state index is 0.0231. The molecule has 0 spiro atoms. The van der Waals surface area contributed by atoms with Gasteiger partial charge in [-0.15, -0.1) is 0 Å². The molecule has 1 aromatic heterocycles. The van der Waals surface area contributed by atoms with E-state index in [1.807, 2.05) is 18.9 Å². The third kappa shape index (κ3) is 4.92. The summed E-state index contributed by atoms with van der Waals surface area (Å²) in [5, 5.41) is 11.8. The van der Waals surface area contributed by atoms with E-state index in [1.54, 1.807) is 19.2 Å². The maximum Gasteiger partial charge on any atom is 0.318 e. The second-order valence-electron chi connectivity index (χ2n) is 11.6. The van der Waals surface area contributed by atoms with Crippen LogP contribution in [0.4, 0.5) is 20.3 Å². The standard InChI is InChI=1S/C31H37F2N5O4/c1-4-22-23(33)8-7-19-13-21(39)14-25(26(19)22)38-17-24-27(29(38)40)28(36(2)10-6-12-41-3)35-30(34-24)42-18-31-9-5-11-37(31)16-20(32)15-31/h7-8,13-14,20,39H,4-6,9-12,15-18H2,1-3H3/t20-,31+/m1/s1. The highest BCUT2D eigenvalue weighted by molar-refractivity contribution is 6.16. The molecule has 0 aliphatic carbocycles. The van der Waals surface area contributed by atoms with Gasteiger partial charge in [-0.25, -0.2) is 8.78 Å². The third-order valence-electron chi connectivity index (χ3n) is 8.92. The SMILES string of the molecule is CCc1c(F)ccc2cc(O)cc(N3Cc4nc(OC[C@@]56CCCN5C[C@H](F)C6)nc(N(C)CCCOC)c4C3=O)c12. The highest BCUT2D eigenvalue weighted by Gasteiger charge is 2.49. The van der Waals surface area contributed by atoms with E-state index in [4.69, 9.17) is 14.5 Å². The number of hydrogen-bond acceptors (Lipinski definition) is 8. The van der Waals surface area contributed by atoms with Gasteiger partial charge in [0.1, 0.15) is 35.7 Å². The fourth-order valence-electron chi connectivity index (χ4n) is 6.93. The molecule has 1 amide bonds. The average molecular weight is 582 g/mol. The van der Waals surface area contributed by atoms with E-state index in [9.17, 15) is 18.7 Å². The minimum atomic E-state index is -0.876. The molecule has 0 bridgehead atoms. The number of anilines is 2. The normalized spacial score (nSPS) is 21.8. The first-order chi connectivity index (χ1) is 20.2. The number of hydrogen-bond donors (Lipinski definition) is 1. The van der Waals surface area contributed by atoms with Crippen molar-refractivity contribution in [2.75, 3.05) is 56.8 Å². The zero-order valence-corrected chi connectivity index (χ0v) is 24.3. The van der Waals surface area contributed by atoms with Gasteiger partial charge in [0.2, 0.25) is 0 Å². The first kappa shape index (κ1) is 28.5. The molecule has 3 aliphatic heterocycles. The summed E-state index contributed by atoms with van der Waals surface area (Å²) in [4.78, 5) is 29.1. The van der Waals surface area contributed by atoms with Gasteiger partial charge in [0.25, 0.3) is 5.91 Å². The van der Waals surface area contributed by atoms with Crippen LogP contribution in [0.15, 0.2) is 24.3 Å². The van der Waals surface area contributed by atoms with E-state index in [2.05, 4.69) is 9.88 Å². The summed E-state index contributed by atoms with van der Waals surface area (Å²) in [6, 6.07) is 6.20. The number of rotatable bonds is 10. The highest BCUT2D eigenvalue weighted by Crippen LogP contribution is 2.42. The van der Waals surface area contributed by atoms with Crippen LogP contribution in [0.5, 0.6) is 11.8 Å². The number of alkyl halides is 1. The number of benzene rings is 2. The van der Waals surface area contributed by atoms with Crippen molar-refractivity contribution < 1.29 is 28.2 Å². The monoisotopic (exact) mass is 581 g/mol. The van der Waals surface area contributed by atoms with Crippen LogP contribution in [0.2, 0.25) is 0 Å². The number of ether oxygens (including phenoxy) is 2. The number of fused-ring (bicyclic) bond motifs is 3. The second-order valence-corrected chi connectivity index (χ2v) is 11.6. The van der Waals surface area contributed by atoms with Crippen molar-refractivity contribution in [1.29, 1.82) is 0 Å². The molecule has 9 nitrogen and oxygen atoms in total. The summed E-state index contributed by atoms with van der Waals surface area (Å²) in [6.07, 6.45) is 2.53. The number of halogens is 2. The van der Waals surface area contributed by atoms with Crippen LogP contribution in [0.3, 0.4) is 0 Å².